The van der Waals surface area contributed by atoms with Gasteiger partial charge in [0.2, 0.25) is 21.8 Å². The molecule has 2 aliphatic rings. The molecule has 2 aliphatic heterocycles. The molecular weight excluding hydrogens is 476 g/mol. The van der Waals surface area contributed by atoms with Gasteiger partial charge in [-0.1, -0.05) is 51.1 Å². The lowest BCUT2D eigenvalue weighted by atomic mass is 9.86. The van der Waals surface area contributed by atoms with Gasteiger partial charge < -0.3 is 14.7 Å². The van der Waals surface area contributed by atoms with Crippen molar-refractivity contribution >= 4 is 27.5 Å². The summed E-state index contributed by atoms with van der Waals surface area (Å²) in [7, 11) is -0.342. The molecule has 1 spiro atoms. The van der Waals surface area contributed by atoms with Gasteiger partial charge in [0.05, 0.1) is 11.6 Å². The molecule has 0 bridgehead atoms. The Bertz CT molecular complexity index is 1210. The number of hydrogen-bond acceptors (Lipinski definition) is 5. The molecule has 0 radical (unpaired) electrons. The fraction of sp³-hybridized carbons (Fsp3) is 0.481. The molecule has 8 nitrogen and oxygen atoms in total. The lowest BCUT2D eigenvalue weighted by molar-refractivity contribution is -0.139. The molecule has 2 aromatic rings. The number of likely N-dealkylation sites (N-methyl/N-ethyl adjacent to an activating group) is 1. The van der Waals surface area contributed by atoms with Gasteiger partial charge in [0.25, 0.3) is 0 Å². The highest BCUT2D eigenvalue weighted by Crippen LogP contribution is 2.40. The summed E-state index contributed by atoms with van der Waals surface area (Å²) in [6.45, 7) is 7.03. The quantitative estimate of drug-likeness (QED) is 0.616. The number of hydrogen-bond donors (Lipinski definition) is 0. The van der Waals surface area contributed by atoms with Crippen LogP contribution in [-0.2, 0) is 25.0 Å². The first kappa shape index (κ1) is 26.2. The Kier molecular flexibility index (Phi) is 6.92. The van der Waals surface area contributed by atoms with E-state index in [1.54, 1.807) is 31.1 Å². The predicted octanol–water partition coefficient (Wildman–Crippen LogP) is 2.90. The zero-order chi connectivity index (χ0) is 26.3. The topological polar surface area (TPSA) is 81.2 Å². The van der Waals surface area contributed by atoms with Crippen molar-refractivity contribution < 1.29 is 18.0 Å². The van der Waals surface area contributed by atoms with E-state index in [2.05, 4.69) is 20.8 Å². The van der Waals surface area contributed by atoms with Crippen LogP contribution in [0.3, 0.4) is 0 Å². The van der Waals surface area contributed by atoms with Gasteiger partial charge in [-0.25, -0.2) is 8.42 Å². The Balaban J connectivity index is 1.58. The summed E-state index contributed by atoms with van der Waals surface area (Å²) < 4.78 is 28.4. The molecule has 194 valence electrons. The van der Waals surface area contributed by atoms with Gasteiger partial charge in [-0.15, -0.1) is 0 Å². The van der Waals surface area contributed by atoms with Crippen molar-refractivity contribution in [1.82, 2.24) is 14.1 Å². The maximum Gasteiger partial charge on any atom is 0.250 e. The highest BCUT2D eigenvalue weighted by atomic mass is 32.2. The number of nitrogens with zero attached hydrogens (tertiary/aromatic N) is 4. The smallest absolute Gasteiger partial charge is 0.250 e. The minimum Gasteiger partial charge on any atom is -0.347 e. The van der Waals surface area contributed by atoms with E-state index in [1.807, 2.05) is 47.4 Å². The number of carbonyl (C=O) groups excluding carboxylic acids is 2. The minimum atomic E-state index is -3.68. The van der Waals surface area contributed by atoms with Crippen molar-refractivity contribution in [3.05, 3.63) is 60.2 Å². The molecule has 2 amide bonds. The van der Waals surface area contributed by atoms with Crippen molar-refractivity contribution in [1.29, 1.82) is 0 Å². The molecule has 0 aromatic heterocycles. The van der Waals surface area contributed by atoms with Crippen LogP contribution in [0.4, 0.5) is 5.69 Å². The average Bonchev–Trinajstić information content (AvgIpc) is 3.10. The van der Waals surface area contributed by atoms with Crippen LogP contribution in [0.2, 0.25) is 0 Å². The Morgan fingerprint density at radius 1 is 0.972 bits per heavy atom. The predicted molar refractivity (Wildman–Crippen MR) is 140 cm³/mol. The van der Waals surface area contributed by atoms with Gasteiger partial charge in [-0.2, -0.15) is 4.31 Å². The van der Waals surface area contributed by atoms with E-state index < -0.39 is 15.6 Å². The van der Waals surface area contributed by atoms with Crippen molar-refractivity contribution in [2.75, 3.05) is 45.3 Å². The maximum absolute atomic E-state index is 13.7. The molecular formula is C27H36N4O4S. The van der Waals surface area contributed by atoms with Crippen molar-refractivity contribution in [2.24, 2.45) is 0 Å². The molecule has 0 aliphatic carbocycles. The first-order valence-corrected chi connectivity index (χ1v) is 13.7. The van der Waals surface area contributed by atoms with Crippen LogP contribution in [0.15, 0.2) is 59.5 Å². The van der Waals surface area contributed by atoms with Crippen LogP contribution in [0.1, 0.15) is 39.2 Å². The fourth-order valence-corrected chi connectivity index (χ4v) is 6.44. The summed E-state index contributed by atoms with van der Waals surface area (Å²) in [6, 6.07) is 16.7. The summed E-state index contributed by atoms with van der Waals surface area (Å²) >= 11 is 0. The SMILES string of the molecule is CN(C)C(=O)CN1CN(c2ccccc2)C2(CCN(S(=O)(=O)c3ccc(C(C)(C)C)cc3)CC2)C1=O. The molecule has 2 heterocycles. The van der Waals surface area contributed by atoms with E-state index in [0.29, 0.717) is 19.5 Å². The van der Waals surface area contributed by atoms with Crippen molar-refractivity contribution in [2.45, 2.75) is 49.5 Å². The number of rotatable bonds is 5. The molecule has 0 N–H and O–H groups in total. The summed E-state index contributed by atoms with van der Waals surface area (Å²) in [5, 5.41) is 0. The van der Waals surface area contributed by atoms with Gasteiger partial charge in [-0.3, -0.25) is 9.59 Å². The normalized spacial score (nSPS) is 18.6. The zero-order valence-corrected chi connectivity index (χ0v) is 22.6. The first-order chi connectivity index (χ1) is 16.9. The van der Waals surface area contributed by atoms with Gasteiger partial charge in [-0.05, 0) is 48.1 Å². The number of sulfonamides is 1. The van der Waals surface area contributed by atoms with Crippen LogP contribution in [0, 0.1) is 0 Å². The summed E-state index contributed by atoms with van der Waals surface area (Å²) in [4.78, 5) is 31.5. The number of carbonyl (C=O) groups is 2. The molecule has 2 aromatic carbocycles. The van der Waals surface area contributed by atoms with Crippen LogP contribution in [0.5, 0.6) is 0 Å². The molecule has 0 unspecified atom stereocenters. The number of benzene rings is 2. The van der Waals surface area contributed by atoms with Crippen LogP contribution < -0.4 is 4.90 Å². The van der Waals surface area contributed by atoms with Crippen LogP contribution >= 0.6 is 0 Å². The fourth-order valence-electron chi connectivity index (χ4n) is 5.00. The average molecular weight is 513 g/mol. The Morgan fingerprint density at radius 3 is 2.08 bits per heavy atom. The number of anilines is 1. The lowest BCUT2D eigenvalue weighted by Crippen LogP contribution is -2.57. The highest BCUT2D eigenvalue weighted by molar-refractivity contribution is 7.89. The second-order valence-electron chi connectivity index (χ2n) is 10.9. The van der Waals surface area contributed by atoms with Crippen molar-refractivity contribution in [3.63, 3.8) is 0 Å². The Labute approximate surface area is 214 Å². The highest BCUT2D eigenvalue weighted by Gasteiger charge is 2.55. The largest absolute Gasteiger partial charge is 0.347 e. The number of piperidine rings is 1. The minimum absolute atomic E-state index is 0.000937. The van der Waals surface area contributed by atoms with E-state index >= 15 is 0 Å². The third-order valence-corrected chi connectivity index (χ3v) is 9.23. The second-order valence-corrected chi connectivity index (χ2v) is 12.8. The molecule has 0 atom stereocenters. The summed E-state index contributed by atoms with van der Waals surface area (Å²) in [6.07, 6.45) is 0.708. The Hall–Kier alpha value is -2.91. The molecule has 9 heteroatoms. The summed E-state index contributed by atoms with van der Waals surface area (Å²) in [5.41, 5.74) is 1.01. The lowest BCUT2D eigenvalue weighted by Gasteiger charge is -2.42. The van der Waals surface area contributed by atoms with E-state index in [9.17, 15) is 18.0 Å². The molecule has 0 saturated carbocycles. The van der Waals surface area contributed by atoms with E-state index in [0.717, 1.165) is 11.3 Å². The maximum atomic E-state index is 13.7. The Morgan fingerprint density at radius 2 is 1.56 bits per heavy atom. The standard InChI is InChI=1S/C27H36N4O4S/c1-26(2,3)21-11-13-23(14-12-21)36(34,35)30-17-15-27(16-18-30)25(33)29(19-24(32)28(4)5)20-31(27)22-9-7-6-8-10-22/h6-14H,15-20H2,1-5H3. The van der Waals surface area contributed by atoms with E-state index in [-0.39, 0.29) is 41.8 Å². The van der Waals surface area contributed by atoms with Gasteiger partial charge in [0.15, 0.2) is 0 Å². The van der Waals surface area contributed by atoms with Gasteiger partial charge in [0, 0.05) is 32.9 Å². The molecule has 36 heavy (non-hydrogen) atoms. The molecule has 4 rings (SSSR count). The van der Waals surface area contributed by atoms with Crippen molar-refractivity contribution in [3.8, 4) is 0 Å². The van der Waals surface area contributed by atoms with E-state index in [4.69, 9.17) is 0 Å². The number of para-hydroxylation sites is 1. The third kappa shape index (κ3) is 4.74. The molecule has 2 saturated heterocycles. The first-order valence-electron chi connectivity index (χ1n) is 12.3. The second kappa shape index (κ2) is 9.52. The van der Waals surface area contributed by atoms with Crippen LogP contribution in [0.25, 0.3) is 0 Å². The third-order valence-electron chi connectivity index (χ3n) is 7.31. The van der Waals surface area contributed by atoms with Gasteiger partial charge >= 0.3 is 0 Å². The molecule has 2 fully saturated rings. The number of amides is 2. The monoisotopic (exact) mass is 512 g/mol. The summed E-state index contributed by atoms with van der Waals surface area (Å²) in [5.74, 6) is -0.264. The zero-order valence-electron chi connectivity index (χ0n) is 21.8. The van der Waals surface area contributed by atoms with Gasteiger partial charge in [0.1, 0.15) is 12.1 Å². The van der Waals surface area contributed by atoms with E-state index in [1.165, 1.54) is 9.21 Å². The van der Waals surface area contributed by atoms with Crippen LogP contribution in [-0.4, -0.2) is 80.3 Å².